The van der Waals surface area contributed by atoms with Gasteiger partial charge in [0.1, 0.15) is 17.3 Å². The van der Waals surface area contributed by atoms with E-state index in [-0.39, 0.29) is 29.6 Å². The van der Waals surface area contributed by atoms with E-state index < -0.39 is 23.6 Å². The fraction of sp³-hybridized carbons (Fsp3) is 0.600. The Labute approximate surface area is 167 Å². The van der Waals surface area contributed by atoms with E-state index in [1.165, 1.54) is 19.2 Å². The van der Waals surface area contributed by atoms with Gasteiger partial charge in [0.15, 0.2) is 0 Å². The lowest BCUT2D eigenvalue weighted by atomic mass is 9.76. The van der Waals surface area contributed by atoms with Crippen LogP contribution in [-0.4, -0.2) is 58.0 Å². The van der Waals surface area contributed by atoms with Crippen LogP contribution in [0.3, 0.4) is 0 Å². The Morgan fingerprint density at radius 2 is 1.97 bits per heavy atom. The number of carbonyl (C=O) groups is 2. The summed E-state index contributed by atoms with van der Waals surface area (Å²) >= 11 is 0. The van der Waals surface area contributed by atoms with E-state index in [0.717, 1.165) is 26.1 Å². The Morgan fingerprint density at radius 3 is 2.52 bits per heavy atom. The monoisotopic (exact) mass is 409 g/mol. The Morgan fingerprint density at radius 1 is 1.31 bits per heavy atom. The molecule has 0 bridgehead atoms. The van der Waals surface area contributed by atoms with Crippen LogP contribution in [0.15, 0.2) is 12.1 Å². The molecule has 4 rings (SSSR count). The highest BCUT2D eigenvalue weighted by Crippen LogP contribution is 2.41. The van der Waals surface area contributed by atoms with E-state index in [1.54, 1.807) is 4.90 Å². The van der Waals surface area contributed by atoms with Gasteiger partial charge >= 0.3 is 6.09 Å². The number of amides is 2. The van der Waals surface area contributed by atoms with Crippen LogP contribution in [0.2, 0.25) is 0 Å². The molecule has 3 saturated heterocycles. The fourth-order valence-electron chi connectivity index (χ4n) is 4.43. The van der Waals surface area contributed by atoms with E-state index in [4.69, 9.17) is 4.74 Å². The molecule has 9 heteroatoms. The summed E-state index contributed by atoms with van der Waals surface area (Å²) in [6.07, 6.45) is 1.45. The highest BCUT2D eigenvalue weighted by atomic mass is 19.1. The molecule has 0 aromatic heterocycles. The van der Waals surface area contributed by atoms with Gasteiger partial charge in [-0.15, -0.1) is 0 Å². The lowest BCUT2D eigenvalue weighted by Gasteiger charge is -2.47. The first-order valence-corrected chi connectivity index (χ1v) is 9.85. The number of piperidine rings is 1. The summed E-state index contributed by atoms with van der Waals surface area (Å²) in [6, 6.07) is 2.20. The number of ether oxygens (including phenoxy) is 2. The Balaban J connectivity index is 1.44. The molecular weight excluding hydrogens is 384 g/mol. The number of hydrogen-bond donors (Lipinski definition) is 2. The van der Waals surface area contributed by atoms with E-state index in [1.807, 2.05) is 0 Å². The number of halogens is 2. The molecule has 0 saturated carbocycles. The Bertz CT molecular complexity index is 782. The van der Waals surface area contributed by atoms with Crippen molar-refractivity contribution in [1.29, 1.82) is 0 Å². The summed E-state index contributed by atoms with van der Waals surface area (Å²) in [7, 11) is 1.25. The normalized spacial score (nSPS) is 25.5. The number of anilines is 1. The van der Waals surface area contributed by atoms with Crippen molar-refractivity contribution < 1.29 is 27.8 Å². The number of alkyl carbamates (subject to hydrolysis) is 1. The molecule has 0 radical (unpaired) electrons. The summed E-state index contributed by atoms with van der Waals surface area (Å²) in [5, 5.41) is 5.26. The van der Waals surface area contributed by atoms with Gasteiger partial charge < -0.3 is 25.0 Å². The summed E-state index contributed by atoms with van der Waals surface area (Å²) in [4.78, 5) is 25.2. The van der Waals surface area contributed by atoms with Gasteiger partial charge in [0.05, 0.1) is 26.2 Å². The number of methoxy groups -OCH3 is 1. The van der Waals surface area contributed by atoms with Crippen molar-refractivity contribution in [2.75, 3.05) is 44.9 Å². The molecule has 3 aliphatic rings. The van der Waals surface area contributed by atoms with Crippen LogP contribution in [0.1, 0.15) is 30.7 Å². The Kier molecular flexibility index (Phi) is 5.33. The van der Waals surface area contributed by atoms with Crippen LogP contribution < -0.4 is 15.5 Å². The first-order chi connectivity index (χ1) is 13.9. The van der Waals surface area contributed by atoms with Gasteiger partial charge in [0, 0.05) is 31.1 Å². The third kappa shape index (κ3) is 3.88. The molecule has 0 aliphatic carbocycles. The van der Waals surface area contributed by atoms with E-state index >= 15 is 0 Å². The molecule has 29 heavy (non-hydrogen) atoms. The van der Waals surface area contributed by atoms with Gasteiger partial charge in [-0.25, -0.2) is 13.6 Å². The molecular formula is C20H25F2N3O4. The summed E-state index contributed by atoms with van der Waals surface area (Å²) in [6.45, 7) is 2.82. The van der Waals surface area contributed by atoms with Crippen molar-refractivity contribution in [3.05, 3.63) is 29.3 Å². The molecule has 7 nitrogen and oxygen atoms in total. The third-order valence-corrected chi connectivity index (χ3v) is 6.26. The highest BCUT2D eigenvalue weighted by Gasteiger charge is 2.42. The average Bonchev–Trinajstić information content (AvgIpc) is 3.05. The van der Waals surface area contributed by atoms with Crippen molar-refractivity contribution in [3.63, 3.8) is 0 Å². The van der Waals surface area contributed by atoms with Gasteiger partial charge in [-0.1, -0.05) is 0 Å². The first kappa shape index (κ1) is 19.9. The number of nitrogens with zero attached hydrogens (tertiary/aromatic N) is 1. The second-order valence-electron chi connectivity index (χ2n) is 8.18. The summed E-state index contributed by atoms with van der Waals surface area (Å²) in [5.41, 5.74) is 0.465. The molecule has 3 aliphatic heterocycles. The van der Waals surface area contributed by atoms with Crippen LogP contribution in [0.5, 0.6) is 0 Å². The van der Waals surface area contributed by atoms with Crippen molar-refractivity contribution in [3.8, 4) is 0 Å². The molecule has 1 aromatic rings. The zero-order valence-corrected chi connectivity index (χ0v) is 16.3. The molecule has 1 unspecified atom stereocenters. The SMILES string of the molecule is COC(=O)NCC1C[C@@H](c2cc(F)c(N3CCC4(CC3)COC4)c(F)c2)C(=O)N1. The minimum Gasteiger partial charge on any atom is -0.453 e. The quantitative estimate of drug-likeness (QED) is 0.794. The maximum atomic E-state index is 14.8. The summed E-state index contributed by atoms with van der Waals surface area (Å²) < 4.78 is 39.5. The second kappa shape index (κ2) is 7.78. The van der Waals surface area contributed by atoms with Crippen LogP contribution in [0.25, 0.3) is 0 Å². The number of benzene rings is 1. The predicted molar refractivity (Wildman–Crippen MR) is 101 cm³/mol. The lowest BCUT2D eigenvalue weighted by molar-refractivity contribution is -0.124. The maximum Gasteiger partial charge on any atom is 0.406 e. The van der Waals surface area contributed by atoms with Gasteiger partial charge in [-0.3, -0.25) is 4.79 Å². The number of hydrogen-bond acceptors (Lipinski definition) is 5. The van der Waals surface area contributed by atoms with Crippen LogP contribution in [-0.2, 0) is 14.3 Å². The molecule has 158 valence electrons. The predicted octanol–water partition coefficient (Wildman–Crippen LogP) is 1.91. The molecule has 3 heterocycles. The molecule has 1 aromatic carbocycles. The molecule has 1 spiro atoms. The molecule has 2 amide bonds. The largest absolute Gasteiger partial charge is 0.453 e. The smallest absolute Gasteiger partial charge is 0.406 e. The maximum absolute atomic E-state index is 14.8. The second-order valence-corrected chi connectivity index (χ2v) is 8.18. The standard InChI is InChI=1S/C20H25F2N3O4/c1-28-19(27)23-9-13-8-14(18(26)24-13)12-6-15(21)17(16(22)7-12)25-4-2-20(3-5-25)10-29-11-20/h6-7,13-14H,2-5,8-11H2,1H3,(H,23,27)(H,24,26)/t13?,14-/m0/s1. The number of carbonyl (C=O) groups excluding carboxylic acids is 2. The number of rotatable bonds is 4. The topological polar surface area (TPSA) is 79.9 Å². The highest BCUT2D eigenvalue weighted by molar-refractivity contribution is 5.86. The fourth-order valence-corrected chi connectivity index (χ4v) is 4.43. The molecule has 2 N–H and O–H groups in total. The zero-order valence-electron chi connectivity index (χ0n) is 16.3. The number of nitrogens with one attached hydrogen (secondary N) is 2. The van der Waals surface area contributed by atoms with Crippen molar-refractivity contribution >= 4 is 17.7 Å². The summed E-state index contributed by atoms with van der Waals surface area (Å²) in [5.74, 6) is -2.26. The average molecular weight is 409 g/mol. The van der Waals surface area contributed by atoms with Gasteiger partial charge in [-0.2, -0.15) is 0 Å². The molecule has 3 fully saturated rings. The van der Waals surface area contributed by atoms with E-state index in [2.05, 4.69) is 15.4 Å². The van der Waals surface area contributed by atoms with Gasteiger partial charge in [0.2, 0.25) is 5.91 Å². The van der Waals surface area contributed by atoms with Gasteiger partial charge in [-0.05, 0) is 37.0 Å². The van der Waals surface area contributed by atoms with Crippen LogP contribution in [0, 0.1) is 17.0 Å². The van der Waals surface area contributed by atoms with Crippen molar-refractivity contribution in [1.82, 2.24) is 10.6 Å². The van der Waals surface area contributed by atoms with Crippen molar-refractivity contribution in [2.24, 2.45) is 5.41 Å². The van der Waals surface area contributed by atoms with Crippen LogP contribution >= 0.6 is 0 Å². The van der Waals surface area contributed by atoms with E-state index in [0.29, 0.717) is 25.1 Å². The lowest BCUT2D eigenvalue weighted by Crippen LogP contribution is -2.51. The van der Waals surface area contributed by atoms with E-state index in [9.17, 15) is 18.4 Å². The molecule has 2 atom stereocenters. The minimum absolute atomic E-state index is 0.0221. The minimum atomic E-state index is -0.658. The third-order valence-electron chi connectivity index (χ3n) is 6.26. The first-order valence-electron chi connectivity index (χ1n) is 9.85. The van der Waals surface area contributed by atoms with Crippen LogP contribution in [0.4, 0.5) is 19.3 Å². The Hall–Kier alpha value is -2.42. The van der Waals surface area contributed by atoms with Crippen molar-refractivity contribution in [2.45, 2.75) is 31.2 Å². The van der Waals surface area contributed by atoms with Gasteiger partial charge in [0.25, 0.3) is 0 Å². The zero-order chi connectivity index (χ0) is 20.6.